The van der Waals surface area contributed by atoms with Gasteiger partial charge in [0.15, 0.2) is 5.69 Å². The van der Waals surface area contributed by atoms with E-state index in [0.717, 1.165) is 5.69 Å². The topological polar surface area (TPSA) is 107 Å². The van der Waals surface area contributed by atoms with Crippen molar-refractivity contribution in [3.63, 3.8) is 0 Å². The van der Waals surface area contributed by atoms with Crippen LogP contribution in [-0.2, 0) is 0 Å². The molecule has 3 aromatic rings. The highest BCUT2D eigenvalue weighted by Gasteiger charge is 2.28. The van der Waals surface area contributed by atoms with Crippen molar-refractivity contribution in [1.82, 2.24) is 19.9 Å². The van der Waals surface area contributed by atoms with Crippen molar-refractivity contribution >= 4 is 17.3 Å². The van der Waals surface area contributed by atoms with Gasteiger partial charge in [0.25, 0.3) is 11.6 Å². The zero-order valence-corrected chi connectivity index (χ0v) is 17.3. The first kappa shape index (κ1) is 20.3. The molecule has 0 aliphatic carbocycles. The van der Waals surface area contributed by atoms with E-state index in [1.54, 1.807) is 37.1 Å². The van der Waals surface area contributed by atoms with Gasteiger partial charge in [0.2, 0.25) is 0 Å². The summed E-state index contributed by atoms with van der Waals surface area (Å²) in [5.41, 5.74) is 2.41. The number of anilines is 1. The van der Waals surface area contributed by atoms with Crippen LogP contribution in [0.25, 0.3) is 5.69 Å². The smallest absolute Gasteiger partial charge is 0.274 e. The molecule has 10 nitrogen and oxygen atoms in total. The number of ether oxygens (including phenoxy) is 1. The Labute approximate surface area is 178 Å². The highest BCUT2D eigenvalue weighted by molar-refractivity contribution is 5.94. The first-order valence-electron chi connectivity index (χ1n) is 9.84. The van der Waals surface area contributed by atoms with Gasteiger partial charge in [-0.15, -0.1) is 5.10 Å². The fourth-order valence-electron chi connectivity index (χ4n) is 3.70. The van der Waals surface area contributed by atoms with Gasteiger partial charge in [-0.3, -0.25) is 14.9 Å². The average molecular weight is 422 g/mol. The van der Waals surface area contributed by atoms with E-state index in [1.807, 2.05) is 29.2 Å². The molecule has 1 aromatic heterocycles. The number of nitro groups is 1. The minimum Gasteiger partial charge on any atom is -0.494 e. The van der Waals surface area contributed by atoms with Crippen LogP contribution in [0.2, 0.25) is 0 Å². The van der Waals surface area contributed by atoms with Crippen LogP contribution in [0, 0.1) is 17.0 Å². The summed E-state index contributed by atoms with van der Waals surface area (Å²) in [7, 11) is 1.57. The molecule has 0 N–H and O–H groups in total. The largest absolute Gasteiger partial charge is 0.494 e. The number of amides is 1. The highest BCUT2D eigenvalue weighted by Crippen LogP contribution is 2.26. The van der Waals surface area contributed by atoms with Crippen molar-refractivity contribution < 1.29 is 14.5 Å². The molecule has 0 radical (unpaired) electrons. The van der Waals surface area contributed by atoms with Crippen LogP contribution in [0.4, 0.5) is 11.4 Å². The van der Waals surface area contributed by atoms with Gasteiger partial charge < -0.3 is 14.5 Å². The minimum atomic E-state index is -0.405. The predicted octanol–water partition coefficient (Wildman–Crippen LogP) is 2.45. The molecule has 0 atom stereocenters. The number of non-ortho nitro benzene ring substituents is 1. The number of methoxy groups -OCH3 is 1. The van der Waals surface area contributed by atoms with Crippen molar-refractivity contribution in [3.8, 4) is 11.4 Å². The number of hydrogen-bond acceptors (Lipinski definition) is 7. The number of benzene rings is 2. The molecular formula is C21H22N6O4. The lowest BCUT2D eigenvalue weighted by atomic mass is 10.2. The van der Waals surface area contributed by atoms with E-state index in [2.05, 4.69) is 10.3 Å². The lowest BCUT2D eigenvalue weighted by molar-refractivity contribution is -0.384. The average Bonchev–Trinajstić information content (AvgIpc) is 3.19. The molecule has 0 spiro atoms. The van der Waals surface area contributed by atoms with E-state index in [0.29, 0.717) is 49.0 Å². The van der Waals surface area contributed by atoms with Crippen LogP contribution in [0.1, 0.15) is 16.2 Å². The maximum atomic E-state index is 13.3. The fourth-order valence-corrected chi connectivity index (χ4v) is 3.70. The Hall–Kier alpha value is -3.95. The van der Waals surface area contributed by atoms with E-state index < -0.39 is 4.92 Å². The quantitative estimate of drug-likeness (QED) is 0.459. The van der Waals surface area contributed by atoms with Crippen LogP contribution in [-0.4, -0.2) is 64.0 Å². The molecule has 0 unspecified atom stereocenters. The first-order chi connectivity index (χ1) is 15.0. The zero-order valence-electron chi connectivity index (χ0n) is 17.3. The Morgan fingerprint density at radius 2 is 1.84 bits per heavy atom. The summed E-state index contributed by atoms with van der Waals surface area (Å²) in [6.07, 6.45) is 0. The molecule has 1 aliphatic heterocycles. The molecule has 1 aliphatic rings. The van der Waals surface area contributed by atoms with Gasteiger partial charge in [0.05, 0.1) is 17.7 Å². The van der Waals surface area contributed by atoms with E-state index in [1.165, 1.54) is 10.7 Å². The SMILES string of the molecule is COc1ccccc1-n1nnc(C)c1C(=O)N1CCN(c2cccc([N+](=O)[O-])c2)CC1. The van der Waals surface area contributed by atoms with E-state index in [4.69, 9.17) is 4.74 Å². The third-order valence-corrected chi connectivity index (χ3v) is 5.33. The summed E-state index contributed by atoms with van der Waals surface area (Å²) < 4.78 is 6.93. The zero-order chi connectivity index (χ0) is 22.0. The molecule has 31 heavy (non-hydrogen) atoms. The number of aryl methyl sites for hydroxylation is 1. The van der Waals surface area contributed by atoms with E-state index >= 15 is 0 Å². The molecule has 10 heteroatoms. The predicted molar refractivity (Wildman–Crippen MR) is 114 cm³/mol. The third-order valence-electron chi connectivity index (χ3n) is 5.33. The van der Waals surface area contributed by atoms with Crippen molar-refractivity contribution in [2.75, 3.05) is 38.2 Å². The maximum Gasteiger partial charge on any atom is 0.274 e. The van der Waals surface area contributed by atoms with Gasteiger partial charge in [0, 0.05) is 44.0 Å². The Morgan fingerprint density at radius 3 is 2.55 bits per heavy atom. The van der Waals surface area contributed by atoms with Crippen LogP contribution < -0.4 is 9.64 Å². The number of carbonyl (C=O) groups is 1. The molecule has 2 heterocycles. The molecule has 4 rings (SSSR count). The number of aromatic nitrogens is 3. The number of rotatable bonds is 5. The minimum absolute atomic E-state index is 0.0541. The van der Waals surface area contributed by atoms with Crippen LogP contribution in [0.5, 0.6) is 5.75 Å². The normalized spacial score (nSPS) is 13.9. The second-order valence-corrected chi connectivity index (χ2v) is 7.16. The monoisotopic (exact) mass is 422 g/mol. The molecule has 0 saturated carbocycles. The number of nitrogens with zero attached hydrogens (tertiary/aromatic N) is 6. The van der Waals surface area contributed by atoms with Crippen LogP contribution in [0.3, 0.4) is 0 Å². The molecule has 2 aromatic carbocycles. The van der Waals surface area contributed by atoms with Gasteiger partial charge in [0.1, 0.15) is 11.4 Å². The first-order valence-corrected chi connectivity index (χ1v) is 9.84. The summed E-state index contributed by atoms with van der Waals surface area (Å²) in [6, 6.07) is 13.9. The molecule has 1 saturated heterocycles. The number of nitro benzene ring substituents is 1. The third kappa shape index (κ3) is 3.91. The van der Waals surface area contributed by atoms with Gasteiger partial charge in [-0.05, 0) is 25.1 Å². The number of carbonyl (C=O) groups excluding carboxylic acids is 1. The Bertz CT molecular complexity index is 1120. The summed E-state index contributed by atoms with van der Waals surface area (Å²) in [5, 5.41) is 19.3. The van der Waals surface area contributed by atoms with Crippen molar-refractivity contribution in [1.29, 1.82) is 0 Å². The van der Waals surface area contributed by atoms with Crippen molar-refractivity contribution in [2.45, 2.75) is 6.92 Å². The van der Waals surface area contributed by atoms with Crippen LogP contribution >= 0.6 is 0 Å². The Morgan fingerprint density at radius 1 is 1.10 bits per heavy atom. The molecular weight excluding hydrogens is 400 g/mol. The molecule has 1 amide bonds. The number of piperazine rings is 1. The molecule has 0 bridgehead atoms. The number of para-hydroxylation sites is 2. The Balaban J connectivity index is 1.53. The second kappa shape index (κ2) is 8.42. The van der Waals surface area contributed by atoms with E-state index in [9.17, 15) is 14.9 Å². The van der Waals surface area contributed by atoms with Gasteiger partial charge in [-0.1, -0.05) is 23.4 Å². The van der Waals surface area contributed by atoms with Crippen LogP contribution in [0.15, 0.2) is 48.5 Å². The Kier molecular flexibility index (Phi) is 5.52. The fraction of sp³-hybridized carbons (Fsp3) is 0.286. The second-order valence-electron chi connectivity index (χ2n) is 7.16. The molecule has 160 valence electrons. The van der Waals surface area contributed by atoms with Crippen molar-refractivity contribution in [3.05, 3.63) is 70.0 Å². The summed E-state index contributed by atoms with van der Waals surface area (Å²) in [4.78, 5) is 27.8. The van der Waals surface area contributed by atoms with Gasteiger partial charge >= 0.3 is 0 Å². The molecule has 1 fully saturated rings. The lowest BCUT2D eigenvalue weighted by Crippen LogP contribution is -2.49. The van der Waals surface area contributed by atoms with Crippen molar-refractivity contribution in [2.24, 2.45) is 0 Å². The summed E-state index contributed by atoms with van der Waals surface area (Å²) in [5.74, 6) is 0.434. The lowest BCUT2D eigenvalue weighted by Gasteiger charge is -2.36. The highest BCUT2D eigenvalue weighted by atomic mass is 16.6. The standard InChI is InChI=1S/C21H22N6O4/c1-15-20(26(23-22-15)18-8-3-4-9-19(18)31-2)21(28)25-12-10-24(11-13-25)16-6-5-7-17(14-16)27(29)30/h3-9,14H,10-13H2,1-2H3. The van der Waals surface area contributed by atoms with Gasteiger partial charge in [-0.2, -0.15) is 0 Å². The van der Waals surface area contributed by atoms with Gasteiger partial charge in [-0.25, -0.2) is 4.68 Å². The number of hydrogen-bond donors (Lipinski definition) is 0. The van der Waals surface area contributed by atoms with E-state index in [-0.39, 0.29) is 11.6 Å². The summed E-state index contributed by atoms with van der Waals surface area (Å²) in [6.45, 7) is 3.87. The maximum absolute atomic E-state index is 13.3. The summed E-state index contributed by atoms with van der Waals surface area (Å²) >= 11 is 0.